The molecule has 0 saturated carbocycles. The van der Waals surface area contributed by atoms with Gasteiger partial charge < -0.3 is 36.1 Å². The third kappa shape index (κ3) is 11.5. The average Bonchev–Trinajstić information content (AvgIpc) is 3.51. The van der Waals surface area contributed by atoms with Gasteiger partial charge in [-0.25, -0.2) is 0 Å². The quantitative estimate of drug-likeness (QED) is 0.0899. The number of carbonyl (C=O) groups is 5. The molecule has 0 aliphatic carbocycles. The second kappa shape index (κ2) is 18.6. The highest BCUT2D eigenvalue weighted by Crippen LogP contribution is 2.23. The number of aromatic nitrogens is 1. The van der Waals surface area contributed by atoms with Gasteiger partial charge in [0.15, 0.2) is 0 Å². The Kier molecular flexibility index (Phi) is 14.1. The fourth-order valence-electron chi connectivity index (χ4n) is 5.27. The van der Waals surface area contributed by atoms with E-state index in [1.807, 2.05) is 42.5 Å². The molecule has 1 heterocycles. The number of aromatic amines is 1. The average molecular weight is 725 g/mol. The highest BCUT2D eigenvalue weighted by molar-refractivity contribution is 6.42. The number of hydrogen-bond donors (Lipinski definition) is 6. The highest BCUT2D eigenvalue weighted by Gasteiger charge is 2.25. The van der Waals surface area contributed by atoms with E-state index in [0.717, 1.165) is 27.6 Å². The van der Waals surface area contributed by atoms with E-state index >= 15 is 0 Å². The molecule has 2 atom stereocenters. The Bertz CT molecular complexity index is 1810. The molecule has 4 aromatic rings. The van der Waals surface area contributed by atoms with Crippen molar-refractivity contribution in [1.82, 2.24) is 26.3 Å². The number of para-hydroxylation sites is 1. The maximum atomic E-state index is 13.4. The summed E-state index contributed by atoms with van der Waals surface area (Å²) in [6.45, 7) is 0.486. The smallest absolute Gasteiger partial charge is 0.305 e. The van der Waals surface area contributed by atoms with E-state index < -0.39 is 48.1 Å². The van der Waals surface area contributed by atoms with Crippen molar-refractivity contribution in [3.05, 3.63) is 99.7 Å². The largest absolute Gasteiger partial charge is 0.497 e. The number of carboxylic acid groups (broad SMARTS) is 1. The Morgan fingerprint density at radius 3 is 2.02 bits per heavy atom. The molecule has 4 amide bonds. The first-order valence-electron chi connectivity index (χ1n) is 16.0. The Hall–Kier alpha value is -5.07. The third-order valence-corrected chi connectivity index (χ3v) is 8.67. The number of aliphatic carboxylic acids is 1. The first-order chi connectivity index (χ1) is 24.0. The van der Waals surface area contributed by atoms with E-state index in [2.05, 4.69) is 26.3 Å². The molecular weight excluding hydrogens is 685 g/mol. The van der Waals surface area contributed by atoms with Crippen molar-refractivity contribution in [3.63, 3.8) is 0 Å². The van der Waals surface area contributed by atoms with Gasteiger partial charge >= 0.3 is 5.97 Å². The van der Waals surface area contributed by atoms with Crippen molar-refractivity contribution in [1.29, 1.82) is 0 Å². The van der Waals surface area contributed by atoms with Gasteiger partial charge in [-0.05, 0) is 59.9 Å². The number of ether oxygens (including phenoxy) is 1. The summed E-state index contributed by atoms with van der Waals surface area (Å²) >= 11 is 12.1. The summed E-state index contributed by atoms with van der Waals surface area (Å²) in [4.78, 5) is 66.5. The van der Waals surface area contributed by atoms with Crippen LogP contribution in [0.4, 0.5) is 0 Å². The summed E-state index contributed by atoms with van der Waals surface area (Å²) in [5.41, 5.74) is 3.50. The Balaban J connectivity index is 1.32. The van der Waals surface area contributed by atoms with Crippen LogP contribution in [0.5, 0.6) is 5.75 Å². The molecule has 0 spiro atoms. The summed E-state index contributed by atoms with van der Waals surface area (Å²) in [5.74, 6) is -2.90. The zero-order chi connectivity index (χ0) is 36.0. The minimum absolute atomic E-state index is 0.179. The lowest BCUT2D eigenvalue weighted by atomic mass is 10.0. The number of amides is 4. The number of halogens is 2. The maximum Gasteiger partial charge on any atom is 0.305 e. The number of carboxylic acids is 1. The van der Waals surface area contributed by atoms with Crippen LogP contribution in [-0.4, -0.2) is 72.0 Å². The molecule has 0 aliphatic heterocycles. The van der Waals surface area contributed by atoms with Crippen LogP contribution in [0.2, 0.25) is 10.0 Å². The van der Waals surface area contributed by atoms with Crippen LogP contribution >= 0.6 is 23.2 Å². The molecule has 50 heavy (non-hydrogen) atoms. The molecule has 1 aromatic heterocycles. The van der Waals surface area contributed by atoms with Crippen LogP contribution < -0.4 is 26.0 Å². The molecule has 12 nitrogen and oxygen atoms in total. The molecule has 0 aliphatic rings. The lowest BCUT2D eigenvalue weighted by molar-refractivity contribution is -0.140. The number of methoxy groups -OCH3 is 1. The van der Waals surface area contributed by atoms with E-state index in [1.165, 1.54) is 0 Å². The van der Waals surface area contributed by atoms with Crippen LogP contribution in [0.25, 0.3) is 10.9 Å². The van der Waals surface area contributed by atoms with Gasteiger partial charge in [-0.1, -0.05) is 59.6 Å². The van der Waals surface area contributed by atoms with Crippen molar-refractivity contribution in [2.75, 3.05) is 20.2 Å². The standard InChI is InChI=1S/C36H39Cl2N5O7/c1-50-25-9-6-22(7-10-25)14-16-39-36(49)31(20-34(46)47)43-33(45)13-12-32(44)42-30(19-24-21-41-29-5-3-2-4-26(24)29)35(48)40-17-15-23-8-11-27(37)28(38)18-23/h2-11,18,21,30-31,41H,12-17,19-20H2,1H3,(H,39,49)(H,40,48)(H,42,44)(H,43,45)(H,46,47)/t30-,31-/m1/s1. The summed E-state index contributed by atoms with van der Waals surface area (Å²) in [6.07, 6.45) is 1.64. The van der Waals surface area contributed by atoms with Crippen molar-refractivity contribution >= 4 is 63.7 Å². The Labute approximate surface area is 299 Å². The fraction of sp³-hybridized carbons (Fsp3) is 0.306. The van der Waals surface area contributed by atoms with Gasteiger partial charge in [0.2, 0.25) is 23.6 Å². The summed E-state index contributed by atoms with van der Waals surface area (Å²) in [5, 5.41) is 21.7. The van der Waals surface area contributed by atoms with E-state index in [9.17, 15) is 29.1 Å². The van der Waals surface area contributed by atoms with E-state index in [-0.39, 0.29) is 32.4 Å². The number of H-pyrrole nitrogens is 1. The van der Waals surface area contributed by atoms with Crippen molar-refractivity contribution in [2.24, 2.45) is 0 Å². The number of nitrogens with one attached hydrogen (secondary N) is 5. The Morgan fingerprint density at radius 1 is 0.780 bits per heavy atom. The van der Waals surface area contributed by atoms with Gasteiger partial charge in [-0.2, -0.15) is 0 Å². The van der Waals surface area contributed by atoms with Gasteiger partial charge in [-0.15, -0.1) is 0 Å². The Morgan fingerprint density at radius 2 is 1.38 bits per heavy atom. The van der Waals surface area contributed by atoms with E-state index in [0.29, 0.717) is 28.6 Å². The molecule has 6 N–H and O–H groups in total. The number of hydrogen-bond acceptors (Lipinski definition) is 6. The molecule has 0 radical (unpaired) electrons. The first-order valence-corrected chi connectivity index (χ1v) is 16.8. The second-order valence-electron chi connectivity index (χ2n) is 11.6. The predicted molar refractivity (Wildman–Crippen MR) is 190 cm³/mol. The highest BCUT2D eigenvalue weighted by atomic mass is 35.5. The minimum atomic E-state index is -1.34. The molecule has 0 saturated heterocycles. The maximum absolute atomic E-state index is 13.4. The van der Waals surface area contributed by atoms with Crippen molar-refractivity contribution in [2.45, 2.75) is 50.6 Å². The van der Waals surface area contributed by atoms with Crippen LogP contribution in [0.15, 0.2) is 72.9 Å². The van der Waals surface area contributed by atoms with Gasteiger partial charge in [0.1, 0.15) is 17.8 Å². The van der Waals surface area contributed by atoms with Gasteiger partial charge in [0, 0.05) is 49.5 Å². The minimum Gasteiger partial charge on any atom is -0.497 e. The molecule has 0 unspecified atom stereocenters. The second-order valence-corrected chi connectivity index (χ2v) is 12.4. The molecule has 264 valence electrons. The molecule has 0 bridgehead atoms. The molecule has 4 rings (SSSR count). The first kappa shape index (κ1) is 37.7. The normalized spacial score (nSPS) is 12.1. The van der Waals surface area contributed by atoms with E-state index in [4.69, 9.17) is 27.9 Å². The monoisotopic (exact) mass is 723 g/mol. The van der Waals surface area contributed by atoms with Crippen molar-refractivity contribution in [3.8, 4) is 5.75 Å². The lowest BCUT2D eigenvalue weighted by Gasteiger charge is -2.19. The molecule has 0 fully saturated rings. The fourth-order valence-corrected chi connectivity index (χ4v) is 5.59. The zero-order valence-electron chi connectivity index (χ0n) is 27.4. The van der Waals surface area contributed by atoms with Gasteiger partial charge in [0.05, 0.1) is 23.6 Å². The molecule has 3 aromatic carbocycles. The number of carbonyl (C=O) groups excluding carboxylic acids is 4. The lowest BCUT2D eigenvalue weighted by Crippen LogP contribution is -2.49. The van der Waals surface area contributed by atoms with Crippen molar-refractivity contribution < 1.29 is 33.8 Å². The molecule has 14 heteroatoms. The van der Waals surface area contributed by atoms with E-state index in [1.54, 1.807) is 37.6 Å². The summed E-state index contributed by atoms with van der Waals surface area (Å²) < 4.78 is 5.13. The predicted octanol–water partition coefficient (Wildman–Crippen LogP) is 3.97. The topological polar surface area (TPSA) is 179 Å². The third-order valence-electron chi connectivity index (χ3n) is 7.93. The summed E-state index contributed by atoms with van der Waals surface area (Å²) in [6, 6.07) is 17.8. The number of benzene rings is 3. The SMILES string of the molecule is COc1ccc(CCNC(=O)[C@@H](CC(=O)O)NC(=O)CCC(=O)N[C@H](Cc2c[nH]c3ccccc23)C(=O)NCCc2ccc(Cl)c(Cl)c2)cc1. The summed E-state index contributed by atoms with van der Waals surface area (Å²) in [7, 11) is 1.56. The van der Waals surface area contributed by atoms with Crippen LogP contribution in [0, 0.1) is 0 Å². The zero-order valence-corrected chi connectivity index (χ0v) is 28.9. The number of fused-ring (bicyclic) bond motifs is 1. The number of rotatable bonds is 18. The van der Waals surface area contributed by atoms with Crippen LogP contribution in [-0.2, 0) is 43.2 Å². The van der Waals surface area contributed by atoms with Crippen LogP contribution in [0.1, 0.15) is 36.0 Å². The van der Waals surface area contributed by atoms with Gasteiger partial charge in [-0.3, -0.25) is 24.0 Å². The molecular formula is C36H39Cl2N5O7. The van der Waals surface area contributed by atoms with Crippen LogP contribution in [0.3, 0.4) is 0 Å². The van der Waals surface area contributed by atoms with Gasteiger partial charge in [0.25, 0.3) is 0 Å².